The number of nitrogens with two attached hydrogens (primary N) is 1. The van der Waals surface area contributed by atoms with Crippen LogP contribution in [-0.4, -0.2) is 4.98 Å². The predicted octanol–water partition coefficient (Wildman–Crippen LogP) is 2.95. The highest BCUT2D eigenvalue weighted by Crippen LogP contribution is 2.24. The molecule has 0 atom stereocenters. The molecule has 0 saturated heterocycles. The average molecular weight is 319 g/mol. The fourth-order valence-electron chi connectivity index (χ4n) is 1.31. The van der Waals surface area contributed by atoms with Crippen LogP contribution in [0.3, 0.4) is 0 Å². The Kier molecular flexibility index (Phi) is 2.90. The van der Waals surface area contributed by atoms with E-state index < -0.39 is 0 Å². The minimum absolute atomic E-state index is 0.467. The molecule has 0 saturated carbocycles. The van der Waals surface area contributed by atoms with Crippen LogP contribution in [0, 0.1) is 3.57 Å². The van der Waals surface area contributed by atoms with Gasteiger partial charge in [-0.2, -0.15) is 0 Å². The van der Waals surface area contributed by atoms with Crippen molar-refractivity contribution in [3.63, 3.8) is 0 Å². The zero-order chi connectivity index (χ0) is 10.1. The predicted molar refractivity (Wildman–Crippen MR) is 67.4 cm³/mol. The van der Waals surface area contributed by atoms with Crippen LogP contribution in [-0.2, 0) is 6.54 Å². The summed E-state index contributed by atoms with van der Waals surface area (Å²) in [5.74, 6) is 0. The van der Waals surface area contributed by atoms with Crippen LogP contribution in [0.5, 0.6) is 0 Å². The van der Waals surface area contributed by atoms with E-state index in [4.69, 9.17) is 17.3 Å². The highest BCUT2D eigenvalue weighted by molar-refractivity contribution is 14.1. The third kappa shape index (κ3) is 1.85. The highest BCUT2D eigenvalue weighted by Gasteiger charge is 2.02. The van der Waals surface area contributed by atoms with Crippen molar-refractivity contribution in [1.82, 2.24) is 4.98 Å². The fraction of sp³-hybridized carbons (Fsp3) is 0.100. The normalized spacial score (nSPS) is 10.8. The molecule has 72 valence electrons. The molecule has 0 spiro atoms. The fourth-order valence-corrected chi connectivity index (χ4v) is 2.49. The Hall–Kier alpha value is -0.390. The van der Waals surface area contributed by atoms with Gasteiger partial charge in [-0.25, -0.2) is 0 Å². The minimum atomic E-state index is 0.467. The maximum absolute atomic E-state index is 5.94. The van der Waals surface area contributed by atoms with E-state index in [2.05, 4.69) is 27.6 Å². The van der Waals surface area contributed by atoms with Gasteiger partial charge in [0.05, 0.1) is 11.2 Å². The molecule has 0 radical (unpaired) electrons. The summed E-state index contributed by atoms with van der Waals surface area (Å²) in [4.78, 5) is 4.44. The maximum Gasteiger partial charge on any atom is 0.0840 e. The lowest BCUT2D eigenvalue weighted by molar-refractivity contribution is 1.01. The first-order valence-electron chi connectivity index (χ1n) is 4.15. The van der Waals surface area contributed by atoms with E-state index in [0.29, 0.717) is 6.54 Å². The number of benzene rings is 1. The molecular weight excluding hydrogens is 310 g/mol. The van der Waals surface area contributed by atoms with Gasteiger partial charge in [-0.1, -0.05) is 17.7 Å². The quantitative estimate of drug-likeness (QED) is 0.821. The Morgan fingerprint density at radius 1 is 1.36 bits per heavy atom. The number of aromatic nitrogens is 1. The van der Waals surface area contributed by atoms with Crippen LogP contribution in [0.1, 0.15) is 5.69 Å². The van der Waals surface area contributed by atoms with E-state index in [9.17, 15) is 0 Å². The lowest BCUT2D eigenvalue weighted by atomic mass is 10.2. The molecule has 1 heterocycles. The van der Waals surface area contributed by atoms with Crippen LogP contribution in [0.25, 0.3) is 10.9 Å². The lowest BCUT2D eigenvalue weighted by Gasteiger charge is -2.03. The number of nitrogens with zero attached hydrogens (tertiary/aromatic N) is 1. The van der Waals surface area contributed by atoms with Gasteiger partial charge in [-0.15, -0.1) is 0 Å². The van der Waals surface area contributed by atoms with Gasteiger partial charge in [0.25, 0.3) is 0 Å². The molecule has 0 bridgehead atoms. The SMILES string of the molecule is NCc1ccc2cc(Cl)cc(I)c2n1. The van der Waals surface area contributed by atoms with Gasteiger partial charge in [0.2, 0.25) is 0 Å². The van der Waals surface area contributed by atoms with Gasteiger partial charge in [0.1, 0.15) is 0 Å². The Morgan fingerprint density at radius 3 is 2.86 bits per heavy atom. The van der Waals surface area contributed by atoms with Crippen LogP contribution < -0.4 is 5.73 Å². The van der Waals surface area contributed by atoms with Gasteiger partial charge in [0, 0.05) is 20.5 Å². The van der Waals surface area contributed by atoms with Crippen molar-refractivity contribution in [3.05, 3.63) is 38.6 Å². The third-order valence-corrected chi connectivity index (χ3v) is 3.02. The van der Waals surface area contributed by atoms with Gasteiger partial charge in [-0.3, -0.25) is 4.98 Å². The van der Waals surface area contributed by atoms with Crippen molar-refractivity contribution in [2.75, 3.05) is 0 Å². The van der Waals surface area contributed by atoms with Gasteiger partial charge in [-0.05, 0) is 40.8 Å². The molecule has 0 unspecified atom stereocenters. The lowest BCUT2D eigenvalue weighted by Crippen LogP contribution is -1.99. The maximum atomic E-state index is 5.94. The van der Waals surface area contributed by atoms with E-state index in [1.807, 2.05) is 24.3 Å². The molecule has 0 aliphatic carbocycles. The number of rotatable bonds is 1. The van der Waals surface area contributed by atoms with Crippen molar-refractivity contribution in [3.8, 4) is 0 Å². The first-order valence-corrected chi connectivity index (χ1v) is 5.61. The molecule has 0 amide bonds. The highest BCUT2D eigenvalue weighted by atomic mass is 127. The van der Waals surface area contributed by atoms with E-state index >= 15 is 0 Å². The molecule has 1 aromatic heterocycles. The first-order chi connectivity index (χ1) is 6.70. The summed E-state index contributed by atoms with van der Waals surface area (Å²) in [6.07, 6.45) is 0. The Labute approximate surface area is 101 Å². The van der Waals surface area contributed by atoms with Crippen LogP contribution in [0.2, 0.25) is 5.02 Å². The van der Waals surface area contributed by atoms with Gasteiger partial charge < -0.3 is 5.73 Å². The number of halogens is 2. The molecule has 4 heteroatoms. The van der Waals surface area contributed by atoms with E-state index in [1.54, 1.807) is 0 Å². The molecular formula is C10H8ClIN2. The third-order valence-electron chi connectivity index (χ3n) is 1.98. The van der Waals surface area contributed by atoms with Crippen LogP contribution >= 0.6 is 34.2 Å². The minimum Gasteiger partial charge on any atom is -0.325 e. The molecule has 2 nitrogen and oxygen atoms in total. The monoisotopic (exact) mass is 318 g/mol. The second kappa shape index (κ2) is 4.00. The van der Waals surface area contributed by atoms with Crippen LogP contribution in [0.4, 0.5) is 0 Å². The summed E-state index contributed by atoms with van der Waals surface area (Å²) < 4.78 is 1.06. The zero-order valence-corrected chi connectivity index (χ0v) is 10.2. The molecule has 0 aliphatic heterocycles. The van der Waals surface area contributed by atoms with Crippen molar-refractivity contribution in [2.24, 2.45) is 5.73 Å². The number of hydrogen-bond donors (Lipinski definition) is 1. The summed E-state index contributed by atoms with van der Waals surface area (Å²) in [7, 11) is 0. The summed E-state index contributed by atoms with van der Waals surface area (Å²) in [6, 6.07) is 7.73. The Bertz CT molecular complexity index is 485. The zero-order valence-electron chi connectivity index (χ0n) is 7.30. The van der Waals surface area contributed by atoms with E-state index in [-0.39, 0.29) is 0 Å². The van der Waals surface area contributed by atoms with Gasteiger partial charge in [0.15, 0.2) is 0 Å². The molecule has 2 N–H and O–H groups in total. The van der Waals surface area contributed by atoms with Crippen molar-refractivity contribution in [2.45, 2.75) is 6.54 Å². The number of pyridine rings is 1. The smallest absolute Gasteiger partial charge is 0.0840 e. The standard InChI is InChI=1S/C10H8ClIN2/c11-7-3-6-1-2-8(5-13)14-10(6)9(12)4-7/h1-4H,5,13H2. The summed E-state index contributed by atoms with van der Waals surface area (Å²) in [6.45, 7) is 0.467. The topological polar surface area (TPSA) is 38.9 Å². The molecule has 14 heavy (non-hydrogen) atoms. The van der Waals surface area contributed by atoms with E-state index in [1.165, 1.54) is 0 Å². The molecule has 0 fully saturated rings. The second-order valence-electron chi connectivity index (χ2n) is 2.97. The summed E-state index contributed by atoms with van der Waals surface area (Å²) in [5, 5.41) is 1.79. The molecule has 2 aromatic rings. The molecule has 2 rings (SSSR count). The average Bonchev–Trinajstić information content (AvgIpc) is 2.17. The second-order valence-corrected chi connectivity index (χ2v) is 4.56. The molecule has 1 aromatic carbocycles. The largest absolute Gasteiger partial charge is 0.325 e. The van der Waals surface area contributed by atoms with Gasteiger partial charge >= 0.3 is 0 Å². The van der Waals surface area contributed by atoms with Crippen molar-refractivity contribution >= 4 is 45.1 Å². The van der Waals surface area contributed by atoms with Crippen molar-refractivity contribution < 1.29 is 0 Å². The number of fused-ring (bicyclic) bond motifs is 1. The Balaban J connectivity index is 2.75. The van der Waals surface area contributed by atoms with E-state index in [0.717, 1.165) is 25.2 Å². The van der Waals surface area contributed by atoms with Crippen molar-refractivity contribution in [1.29, 1.82) is 0 Å². The summed E-state index contributed by atoms with van der Waals surface area (Å²) in [5.41, 5.74) is 7.40. The number of hydrogen-bond acceptors (Lipinski definition) is 2. The molecule has 0 aliphatic rings. The first kappa shape index (κ1) is 10.1. The van der Waals surface area contributed by atoms with Crippen LogP contribution in [0.15, 0.2) is 24.3 Å². The Morgan fingerprint density at radius 2 is 2.14 bits per heavy atom. The summed E-state index contributed by atoms with van der Waals surface area (Å²) >= 11 is 8.17.